The summed E-state index contributed by atoms with van der Waals surface area (Å²) in [6, 6.07) is 0.226. The average molecular weight is 221 g/mol. The number of carbonyl (C=O) groups excluding carboxylic acids is 1. The Morgan fingerprint density at radius 3 is 2.88 bits per heavy atom. The Hall–Kier alpha value is -1.55. The third-order valence-corrected chi connectivity index (χ3v) is 2.58. The zero-order valence-corrected chi connectivity index (χ0v) is 9.65. The van der Waals surface area contributed by atoms with Crippen molar-refractivity contribution in [1.29, 1.82) is 0 Å². The van der Waals surface area contributed by atoms with E-state index in [1.165, 1.54) is 6.20 Å². The second kappa shape index (κ2) is 6.12. The molecule has 1 heterocycles. The van der Waals surface area contributed by atoms with Gasteiger partial charge in [-0.05, 0) is 26.1 Å². The molecule has 0 bridgehead atoms. The van der Waals surface area contributed by atoms with E-state index in [-0.39, 0.29) is 11.9 Å². The summed E-state index contributed by atoms with van der Waals surface area (Å²) >= 11 is 0. The van der Waals surface area contributed by atoms with Crippen LogP contribution in [0, 0.1) is 0 Å². The highest BCUT2D eigenvalue weighted by molar-refractivity contribution is 5.96. The molecule has 1 aliphatic heterocycles. The SMILES string of the molecule is C=C/C=C\C(=C/N)C(=O)N[C@@H]1CCN(C)C1. The predicted octanol–water partition coefficient (Wildman–Crippen LogP) is 0.391. The molecule has 88 valence electrons. The van der Waals surface area contributed by atoms with E-state index in [9.17, 15) is 4.79 Å². The Kier molecular flexibility index (Phi) is 4.79. The van der Waals surface area contributed by atoms with Gasteiger partial charge in [0.2, 0.25) is 0 Å². The summed E-state index contributed by atoms with van der Waals surface area (Å²) in [5, 5.41) is 2.95. The number of nitrogens with zero attached hydrogens (tertiary/aromatic N) is 1. The zero-order valence-electron chi connectivity index (χ0n) is 9.65. The van der Waals surface area contributed by atoms with Crippen molar-refractivity contribution in [2.24, 2.45) is 5.73 Å². The molecule has 4 heteroatoms. The van der Waals surface area contributed by atoms with Crippen molar-refractivity contribution in [1.82, 2.24) is 10.2 Å². The van der Waals surface area contributed by atoms with E-state index in [0.717, 1.165) is 19.5 Å². The maximum atomic E-state index is 11.8. The molecular weight excluding hydrogens is 202 g/mol. The molecule has 1 fully saturated rings. The van der Waals surface area contributed by atoms with E-state index >= 15 is 0 Å². The van der Waals surface area contributed by atoms with E-state index in [1.54, 1.807) is 18.2 Å². The smallest absolute Gasteiger partial charge is 0.252 e. The van der Waals surface area contributed by atoms with Crippen LogP contribution in [-0.2, 0) is 4.79 Å². The van der Waals surface area contributed by atoms with Gasteiger partial charge in [0.05, 0.1) is 5.57 Å². The number of likely N-dealkylation sites (N-methyl/N-ethyl adjacent to an activating group) is 1. The first-order chi connectivity index (χ1) is 7.67. The van der Waals surface area contributed by atoms with Gasteiger partial charge in [-0.1, -0.05) is 18.7 Å². The maximum Gasteiger partial charge on any atom is 0.252 e. The minimum Gasteiger partial charge on any atom is -0.404 e. The second-order valence-corrected chi connectivity index (χ2v) is 3.94. The number of carbonyl (C=O) groups is 1. The third-order valence-electron chi connectivity index (χ3n) is 2.58. The van der Waals surface area contributed by atoms with Crippen molar-refractivity contribution in [2.45, 2.75) is 12.5 Å². The lowest BCUT2D eigenvalue weighted by Gasteiger charge is -2.12. The normalized spacial score (nSPS) is 22.6. The monoisotopic (exact) mass is 221 g/mol. The lowest BCUT2D eigenvalue weighted by molar-refractivity contribution is -0.117. The molecule has 3 N–H and O–H groups in total. The van der Waals surface area contributed by atoms with Crippen LogP contribution in [0.3, 0.4) is 0 Å². The Labute approximate surface area is 96.5 Å². The summed E-state index contributed by atoms with van der Waals surface area (Å²) < 4.78 is 0. The molecule has 4 nitrogen and oxygen atoms in total. The molecule has 1 saturated heterocycles. The number of hydrogen-bond acceptors (Lipinski definition) is 3. The maximum absolute atomic E-state index is 11.8. The summed E-state index contributed by atoms with van der Waals surface area (Å²) in [6.07, 6.45) is 7.26. The highest BCUT2D eigenvalue weighted by atomic mass is 16.1. The van der Waals surface area contributed by atoms with Crippen molar-refractivity contribution in [2.75, 3.05) is 20.1 Å². The first kappa shape index (κ1) is 12.5. The van der Waals surface area contributed by atoms with Crippen LogP contribution in [0.5, 0.6) is 0 Å². The van der Waals surface area contributed by atoms with Crippen LogP contribution in [0.15, 0.2) is 36.6 Å². The van der Waals surface area contributed by atoms with Crippen LogP contribution in [-0.4, -0.2) is 37.0 Å². The molecule has 0 unspecified atom stereocenters. The van der Waals surface area contributed by atoms with Gasteiger partial charge in [0.15, 0.2) is 0 Å². The molecule has 0 saturated carbocycles. The molecule has 1 atom stereocenters. The second-order valence-electron chi connectivity index (χ2n) is 3.94. The first-order valence-electron chi connectivity index (χ1n) is 5.37. The molecule has 1 rings (SSSR count). The van der Waals surface area contributed by atoms with Gasteiger partial charge in [-0.3, -0.25) is 4.79 Å². The number of allylic oxidation sites excluding steroid dienone is 2. The van der Waals surface area contributed by atoms with E-state index < -0.39 is 0 Å². The van der Waals surface area contributed by atoms with Gasteiger partial charge >= 0.3 is 0 Å². The van der Waals surface area contributed by atoms with Crippen LogP contribution < -0.4 is 11.1 Å². The van der Waals surface area contributed by atoms with Crippen LogP contribution >= 0.6 is 0 Å². The predicted molar refractivity (Wildman–Crippen MR) is 65.7 cm³/mol. The summed E-state index contributed by atoms with van der Waals surface area (Å²) in [6.45, 7) is 5.47. The van der Waals surface area contributed by atoms with Gasteiger partial charge in [0.1, 0.15) is 0 Å². The van der Waals surface area contributed by atoms with Crippen molar-refractivity contribution in [3.05, 3.63) is 36.6 Å². The van der Waals surface area contributed by atoms with Gasteiger partial charge in [0, 0.05) is 18.8 Å². The lowest BCUT2D eigenvalue weighted by atomic mass is 10.2. The minimum absolute atomic E-state index is 0.124. The topological polar surface area (TPSA) is 58.4 Å². The fourth-order valence-corrected chi connectivity index (χ4v) is 1.70. The largest absolute Gasteiger partial charge is 0.404 e. The molecule has 16 heavy (non-hydrogen) atoms. The van der Waals surface area contributed by atoms with Crippen molar-refractivity contribution >= 4 is 5.91 Å². The number of hydrogen-bond donors (Lipinski definition) is 2. The molecule has 0 radical (unpaired) electrons. The fourth-order valence-electron chi connectivity index (χ4n) is 1.70. The van der Waals surface area contributed by atoms with Crippen LogP contribution in [0.4, 0.5) is 0 Å². The molecule has 0 aromatic carbocycles. The van der Waals surface area contributed by atoms with Crippen LogP contribution in [0.2, 0.25) is 0 Å². The highest BCUT2D eigenvalue weighted by Crippen LogP contribution is 2.07. The Morgan fingerprint density at radius 2 is 2.38 bits per heavy atom. The number of nitrogens with two attached hydrogens (primary N) is 1. The molecule has 0 aromatic rings. The van der Waals surface area contributed by atoms with Crippen LogP contribution in [0.25, 0.3) is 0 Å². The Balaban J connectivity index is 2.50. The highest BCUT2D eigenvalue weighted by Gasteiger charge is 2.21. The summed E-state index contributed by atoms with van der Waals surface area (Å²) in [7, 11) is 2.05. The standard InChI is InChI=1S/C12H19N3O/c1-3-4-5-10(8-13)12(16)14-11-6-7-15(2)9-11/h3-5,8,11H,1,6-7,9,13H2,2H3,(H,14,16)/b5-4-,10-8+/t11-/m1/s1. The van der Waals surface area contributed by atoms with Gasteiger partial charge in [-0.2, -0.15) is 0 Å². The van der Waals surface area contributed by atoms with E-state index in [1.807, 2.05) is 7.05 Å². The van der Waals surface area contributed by atoms with E-state index in [0.29, 0.717) is 5.57 Å². The lowest BCUT2D eigenvalue weighted by Crippen LogP contribution is -2.37. The van der Waals surface area contributed by atoms with E-state index in [2.05, 4.69) is 16.8 Å². The molecule has 1 aliphatic rings. The number of nitrogens with one attached hydrogen (secondary N) is 1. The molecule has 0 spiro atoms. The summed E-state index contributed by atoms with van der Waals surface area (Å²) in [4.78, 5) is 14.0. The van der Waals surface area contributed by atoms with Gasteiger partial charge in [0.25, 0.3) is 5.91 Å². The molecule has 0 aromatic heterocycles. The fraction of sp³-hybridized carbons (Fsp3) is 0.417. The Bertz CT molecular complexity index is 320. The Morgan fingerprint density at radius 1 is 1.62 bits per heavy atom. The zero-order chi connectivity index (χ0) is 12.0. The molecule has 1 amide bonds. The van der Waals surface area contributed by atoms with Gasteiger partial charge in [-0.15, -0.1) is 0 Å². The van der Waals surface area contributed by atoms with Crippen molar-refractivity contribution < 1.29 is 4.79 Å². The van der Waals surface area contributed by atoms with Gasteiger partial charge in [-0.25, -0.2) is 0 Å². The van der Waals surface area contributed by atoms with E-state index in [4.69, 9.17) is 5.73 Å². The third kappa shape index (κ3) is 3.55. The van der Waals surface area contributed by atoms with Crippen molar-refractivity contribution in [3.8, 4) is 0 Å². The number of amides is 1. The quantitative estimate of drug-likeness (QED) is 0.533. The van der Waals surface area contributed by atoms with Crippen LogP contribution in [0.1, 0.15) is 6.42 Å². The van der Waals surface area contributed by atoms with Gasteiger partial charge < -0.3 is 16.0 Å². The molecule has 0 aliphatic carbocycles. The van der Waals surface area contributed by atoms with Crippen molar-refractivity contribution in [3.63, 3.8) is 0 Å². The molecular formula is C12H19N3O. The first-order valence-corrected chi connectivity index (χ1v) is 5.37. The summed E-state index contributed by atoms with van der Waals surface area (Å²) in [5.41, 5.74) is 5.86. The number of likely N-dealkylation sites (tertiary alicyclic amines) is 1. The minimum atomic E-state index is -0.124. The summed E-state index contributed by atoms with van der Waals surface area (Å²) in [5.74, 6) is -0.124. The number of rotatable bonds is 4. The average Bonchev–Trinajstić information content (AvgIpc) is 2.65.